The van der Waals surface area contributed by atoms with Gasteiger partial charge in [-0.2, -0.15) is 0 Å². The quantitative estimate of drug-likeness (QED) is 0.750. The molecule has 2 nitrogen and oxygen atoms in total. The van der Waals surface area contributed by atoms with E-state index in [2.05, 4.69) is 39.6 Å². The van der Waals surface area contributed by atoms with Crippen molar-refractivity contribution in [2.75, 3.05) is 26.7 Å². The van der Waals surface area contributed by atoms with E-state index in [0.29, 0.717) is 6.61 Å². The molecule has 0 aromatic rings. The van der Waals surface area contributed by atoms with Gasteiger partial charge in [0.25, 0.3) is 0 Å². The first-order valence-electron chi connectivity index (χ1n) is 7.75. The second-order valence-electron chi connectivity index (χ2n) is 6.66. The molecule has 110 valence electrons. The third kappa shape index (κ3) is 11.0. The van der Waals surface area contributed by atoms with Crippen molar-refractivity contribution >= 4 is 0 Å². The van der Waals surface area contributed by atoms with Gasteiger partial charge in [0.1, 0.15) is 0 Å². The Morgan fingerprint density at radius 2 is 1.72 bits per heavy atom. The minimum absolute atomic E-state index is 0.308. The maximum Gasteiger partial charge on any atom is 0.0443 e. The van der Waals surface area contributed by atoms with E-state index in [1.165, 1.54) is 25.7 Å². The van der Waals surface area contributed by atoms with Gasteiger partial charge in [0.05, 0.1) is 0 Å². The summed E-state index contributed by atoms with van der Waals surface area (Å²) in [6.07, 6.45) is 6.89. The lowest BCUT2D eigenvalue weighted by atomic mass is 9.80. The molecule has 18 heavy (non-hydrogen) atoms. The first-order valence-corrected chi connectivity index (χ1v) is 7.75. The summed E-state index contributed by atoms with van der Waals surface area (Å²) in [5.74, 6) is 2.76. The third-order valence-electron chi connectivity index (χ3n) is 3.40. The molecular formula is C16H35NO. The lowest BCUT2D eigenvalue weighted by molar-refractivity contribution is 0.235. The molecule has 1 saturated carbocycles. The highest BCUT2D eigenvalue weighted by atomic mass is 16.3. The van der Waals surface area contributed by atoms with Gasteiger partial charge in [0.2, 0.25) is 0 Å². The molecule has 0 bridgehead atoms. The molecule has 0 spiro atoms. The van der Waals surface area contributed by atoms with Crippen molar-refractivity contribution in [1.29, 1.82) is 0 Å². The standard InChI is InChI=1S/C8H19NO.C8H16/c1-8(2)7-9(3)5-4-6-10;1-7(2)6-8-4-3-5-8/h8,10H,4-7H2,1-3H3;7-8H,3-6H2,1-2H3. The topological polar surface area (TPSA) is 23.5 Å². The summed E-state index contributed by atoms with van der Waals surface area (Å²) >= 11 is 0. The number of aliphatic hydroxyl groups is 1. The van der Waals surface area contributed by atoms with Gasteiger partial charge in [0, 0.05) is 19.7 Å². The molecule has 1 fully saturated rings. The molecule has 2 heteroatoms. The number of aliphatic hydroxyl groups excluding tert-OH is 1. The molecule has 0 aromatic carbocycles. The van der Waals surface area contributed by atoms with E-state index in [4.69, 9.17) is 5.11 Å². The van der Waals surface area contributed by atoms with Crippen LogP contribution >= 0.6 is 0 Å². The Hall–Kier alpha value is -0.0800. The van der Waals surface area contributed by atoms with Crippen molar-refractivity contribution in [1.82, 2.24) is 4.90 Å². The Bertz CT molecular complexity index is 176. The summed E-state index contributed by atoms with van der Waals surface area (Å²) in [5, 5.41) is 8.52. The van der Waals surface area contributed by atoms with Gasteiger partial charge >= 0.3 is 0 Å². The number of nitrogens with zero attached hydrogens (tertiary/aromatic N) is 1. The fourth-order valence-electron chi connectivity index (χ4n) is 2.45. The van der Waals surface area contributed by atoms with Crippen LogP contribution in [-0.4, -0.2) is 36.8 Å². The molecule has 0 heterocycles. The molecule has 0 unspecified atom stereocenters. The summed E-state index contributed by atoms with van der Waals surface area (Å²) in [5.41, 5.74) is 0. The smallest absolute Gasteiger partial charge is 0.0443 e. The maximum absolute atomic E-state index is 8.52. The maximum atomic E-state index is 8.52. The van der Waals surface area contributed by atoms with Gasteiger partial charge < -0.3 is 10.0 Å². The van der Waals surface area contributed by atoms with Crippen molar-refractivity contribution in [3.8, 4) is 0 Å². The molecular weight excluding hydrogens is 222 g/mol. The van der Waals surface area contributed by atoms with Crippen LogP contribution in [0.5, 0.6) is 0 Å². The summed E-state index contributed by atoms with van der Waals surface area (Å²) in [4.78, 5) is 2.25. The zero-order valence-corrected chi connectivity index (χ0v) is 13.3. The van der Waals surface area contributed by atoms with Gasteiger partial charge in [-0.1, -0.05) is 47.0 Å². The lowest BCUT2D eigenvalue weighted by Gasteiger charge is -2.26. The summed E-state index contributed by atoms with van der Waals surface area (Å²) in [6.45, 7) is 11.5. The second kappa shape index (κ2) is 10.8. The van der Waals surface area contributed by atoms with E-state index in [1.807, 2.05) is 0 Å². The van der Waals surface area contributed by atoms with Crippen LogP contribution in [0.4, 0.5) is 0 Å². The van der Waals surface area contributed by atoms with Crippen molar-refractivity contribution in [3.63, 3.8) is 0 Å². The zero-order chi connectivity index (χ0) is 14.0. The second-order valence-corrected chi connectivity index (χ2v) is 6.66. The first-order chi connectivity index (χ1) is 8.45. The van der Waals surface area contributed by atoms with Crippen LogP contribution in [-0.2, 0) is 0 Å². The van der Waals surface area contributed by atoms with Crippen LogP contribution in [0.1, 0.15) is 59.8 Å². The Labute approximate surface area is 115 Å². The fraction of sp³-hybridized carbons (Fsp3) is 1.00. The highest BCUT2D eigenvalue weighted by molar-refractivity contribution is 4.70. The van der Waals surface area contributed by atoms with Crippen LogP contribution in [0, 0.1) is 17.8 Å². The van der Waals surface area contributed by atoms with E-state index in [1.54, 1.807) is 0 Å². The van der Waals surface area contributed by atoms with E-state index >= 15 is 0 Å². The predicted molar refractivity (Wildman–Crippen MR) is 80.8 cm³/mol. The molecule has 0 atom stereocenters. The highest BCUT2D eigenvalue weighted by Crippen LogP contribution is 2.31. The first kappa shape index (κ1) is 17.9. The van der Waals surface area contributed by atoms with Crippen molar-refractivity contribution in [3.05, 3.63) is 0 Å². The van der Waals surface area contributed by atoms with Gasteiger partial charge in [-0.25, -0.2) is 0 Å². The number of rotatable bonds is 7. The number of hydrogen-bond acceptors (Lipinski definition) is 2. The molecule has 1 rings (SSSR count). The van der Waals surface area contributed by atoms with Crippen LogP contribution in [0.3, 0.4) is 0 Å². The minimum Gasteiger partial charge on any atom is -0.396 e. The van der Waals surface area contributed by atoms with E-state index < -0.39 is 0 Å². The molecule has 1 aliphatic carbocycles. The molecule has 1 N–H and O–H groups in total. The van der Waals surface area contributed by atoms with Crippen LogP contribution < -0.4 is 0 Å². The monoisotopic (exact) mass is 257 g/mol. The molecule has 1 aliphatic rings. The average molecular weight is 257 g/mol. The van der Waals surface area contributed by atoms with Gasteiger partial charge in [-0.15, -0.1) is 0 Å². The fourth-order valence-corrected chi connectivity index (χ4v) is 2.45. The molecule has 0 radical (unpaired) electrons. The summed E-state index contributed by atoms with van der Waals surface area (Å²) in [6, 6.07) is 0. The minimum atomic E-state index is 0.308. The normalized spacial score (nSPS) is 15.8. The van der Waals surface area contributed by atoms with Crippen molar-refractivity contribution in [2.45, 2.75) is 59.8 Å². The Morgan fingerprint density at radius 3 is 2.00 bits per heavy atom. The van der Waals surface area contributed by atoms with Crippen molar-refractivity contribution < 1.29 is 5.11 Å². The van der Waals surface area contributed by atoms with E-state index in [0.717, 1.165) is 37.3 Å². The lowest BCUT2D eigenvalue weighted by Crippen LogP contribution is -2.24. The van der Waals surface area contributed by atoms with E-state index in [9.17, 15) is 0 Å². The molecule has 0 saturated heterocycles. The largest absolute Gasteiger partial charge is 0.396 e. The zero-order valence-electron chi connectivity index (χ0n) is 13.3. The van der Waals surface area contributed by atoms with Crippen molar-refractivity contribution in [2.24, 2.45) is 17.8 Å². The molecule has 0 aliphatic heterocycles. The van der Waals surface area contributed by atoms with Crippen LogP contribution in [0.25, 0.3) is 0 Å². The SMILES string of the molecule is CC(C)CC1CCC1.CC(C)CN(C)CCCO. The van der Waals surface area contributed by atoms with Gasteiger partial charge in [0.15, 0.2) is 0 Å². The van der Waals surface area contributed by atoms with E-state index in [-0.39, 0.29) is 0 Å². The van der Waals surface area contributed by atoms with Crippen LogP contribution in [0.2, 0.25) is 0 Å². The van der Waals surface area contributed by atoms with Gasteiger partial charge in [-0.3, -0.25) is 0 Å². The Morgan fingerprint density at radius 1 is 1.11 bits per heavy atom. The molecule has 0 aromatic heterocycles. The highest BCUT2D eigenvalue weighted by Gasteiger charge is 2.17. The Balaban J connectivity index is 0.000000327. The van der Waals surface area contributed by atoms with Crippen LogP contribution in [0.15, 0.2) is 0 Å². The summed E-state index contributed by atoms with van der Waals surface area (Å²) < 4.78 is 0. The van der Waals surface area contributed by atoms with Gasteiger partial charge in [-0.05, 0) is 37.6 Å². The third-order valence-corrected chi connectivity index (χ3v) is 3.40. The Kier molecular flexibility index (Phi) is 10.8. The number of hydrogen-bond donors (Lipinski definition) is 1. The average Bonchev–Trinajstić information content (AvgIpc) is 2.20. The summed E-state index contributed by atoms with van der Waals surface area (Å²) in [7, 11) is 2.09. The molecule has 0 amide bonds. The predicted octanol–water partition coefficient (Wildman–Crippen LogP) is 3.79.